The summed E-state index contributed by atoms with van der Waals surface area (Å²) in [5.74, 6) is -0.228. The van der Waals surface area contributed by atoms with Crippen LogP contribution in [-0.2, 0) is 0 Å². The minimum Gasteiger partial charge on any atom is -0.450 e. The van der Waals surface area contributed by atoms with E-state index in [1.54, 1.807) is 6.07 Å². The number of rotatable bonds is 3. The standard InChI is InChI=1S/C12H7BrFNO3/c13-8-5-9(14)7-10(6-8)18-12-4-2-1-3-11(12)15(16)17/h1-7H. The van der Waals surface area contributed by atoms with Crippen LogP contribution in [0.15, 0.2) is 46.9 Å². The summed E-state index contributed by atoms with van der Waals surface area (Å²) in [6.07, 6.45) is 0. The van der Waals surface area contributed by atoms with Crippen molar-refractivity contribution in [2.45, 2.75) is 0 Å². The zero-order valence-electron chi connectivity index (χ0n) is 8.97. The first-order valence-electron chi connectivity index (χ1n) is 4.93. The highest BCUT2D eigenvalue weighted by Gasteiger charge is 2.14. The topological polar surface area (TPSA) is 52.4 Å². The van der Waals surface area contributed by atoms with Crippen LogP contribution in [-0.4, -0.2) is 4.92 Å². The zero-order chi connectivity index (χ0) is 13.1. The third-order valence-corrected chi connectivity index (χ3v) is 2.58. The predicted molar refractivity (Wildman–Crippen MR) is 67.3 cm³/mol. The van der Waals surface area contributed by atoms with Gasteiger partial charge in [-0.3, -0.25) is 10.1 Å². The molecule has 0 bridgehead atoms. The van der Waals surface area contributed by atoms with Crippen LogP contribution in [0, 0.1) is 15.9 Å². The Hall–Kier alpha value is -1.95. The van der Waals surface area contributed by atoms with Gasteiger partial charge in [-0.15, -0.1) is 0 Å². The highest BCUT2D eigenvalue weighted by Crippen LogP contribution is 2.32. The Balaban J connectivity index is 2.37. The molecule has 0 aliphatic rings. The van der Waals surface area contributed by atoms with Gasteiger partial charge in [0, 0.05) is 16.6 Å². The number of hydrogen-bond donors (Lipinski definition) is 0. The minimum absolute atomic E-state index is 0.0694. The first-order valence-corrected chi connectivity index (χ1v) is 5.73. The molecule has 0 atom stereocenters. The van der Waals surface area contributed by atoms with E-state index in [0.717, 1.165) is 6.07 Å². The number of nitro groups is 1. The van der Waals surface area contributed by atoms with Crippen LogP contribution in [0.2, 0.25) is 0 Å². The molecule has 4 nitrogen and oxygen atoms in total. The van der Waals surface area contributed by atoms with Crippen LogP contribution >= 0.6 is 15.9 Å². The molecule has 0 unspecified atom stereocenters. The molecule has 0 aliphatic carbocycles. The van der Waals surface area contributed by atoms with Crippen molar-refractivity contribution in [3.63, 3.8) is 0 Å². The normalized spacial score (nSPS) is 10.1. The van der Waals surface area contributed by atoms with Gasteiger partial charge in [0.1, 0.15) is 11.6 Å². The Morgan fingerprint density at radius 1 is 1.22 bits per heavy atom. The second-order valence-corrected chi connectivity index (χ2v) is 4.35. The van der Waals surface area contributed by atoms with Crippen molar-refractivity contribution in [2.75, 3.05) is 0 Å². The summed E-state index contributed by atoms with van der Waals surface area (Å²) in [6, 6.07) is 9.87. The third kappa shape index (κ3) is 2.84. The van der Waals surface area contributed by atoms with Gasteiger partial charge >= 0.3 is 5.69 Å². The average Bonchev–Trinajstić information content (AvgIpc) is 2.27. The van der Waals surface area contributed by atoms with Crippen molar-refractivity contribution in [3.05, 3.63) is 62.9 Å². The number of ether oxygens (including phenoxy) is 1. The van der Waals surface area contributed by atoms with E-state index in [0.29, 0.717) is 4.47 Å². The fourth-order valence-electron chi connectivity index (χ4n) is 1.41. The number of halogens is 2. The Bertz CT molecular complexity index is 583. The lowest BCUT2D eigenvalue weighted by atomic mass is 10.3. The summed E-state index contributed by atoms with van der Waals surface area (Å²) >= 11 is 3.12. The van der Waals surface area contributed by atoms with Gasteiger partial charge in [0.2, 0.25) is 5.75 Å². The lowest BCUT2D eigenvalue weighted by Crippen LogP contribution is -1.93. The molecule has 2 aromatic rings. The van der Waals surface area contributed by atoms with Gasteiger partial charge < -0.3 is 4.74 Å². The van der Waals surface area contributed by atoms with Gasteiger partial charge in [-0.05, 0) is 18.2 Å². The van der Waals surface area contributed by atoms with Crippen LogP contribution < -0.4 is 4.74 Å². The van der Waals surface area contributed by atoms with Gasteiger partial charge in [0.05, 0.1) is 4.92 Å². The van der Waals surface area contributed by atoms with E-state index in [4.69, 9.17) is 4.74 Å². The molecule has 0 amide bonds. The Morgan fingerprint density at radius 2 is 1.94 bits per heavy atom. The molecule has 0 saturated carbocycles. The van der Waals surface area contributed by atoms with Crippen molar-refractivity contribution in [3.8, 4) is 11.5 Å². The molecule has 0 radical (unpaired) electrons. The van der Waals surface area contributed by atoms with Gasteiger partial charge in [0.15, 0.2) is 0 Å². The fraction of sp³-hybridized carbons (Fsp3) is 0. The monoisotopic (exact) mass is 311 g/mol. The summed E-state index contributed by atoms with van der Waals surface area (Å²) in [7, 11) is 0. The maximum Gasteiger partial charge on any atom is 0.311 e. The molecule has 0 spiro atoms. The Morgan fingerprint density at radius 3 is 2.61 bits per heavy atom. The molecule has 0 saturated heterocycles. The highest BCUT2D eigenvalue weighted by molar-refractivity contribution is 9.10. The first-order chi connectivity index (χ1) is 8.56. The summed E-state index contributed by atoms with van der Waals surface area (Å²) < 4.78 is 19.0. The second-order valence-electron chi connectivity index (χ2n) is 3.43. The minimum atomic E-state index is -0.552. The number of nitro benzene ring substituents is 1. The molecule has 0 heterocycles. The number of para-hydroxylation sites is 2. The van der Waals surface area contributed by atoms with Crippen LogP contribution in [0.25, 0.3) is 0 Å². The summed E-state index contributed by atoms with van der Waals surface area (Å²) in [4.78, 5) is 10.2. The molecular weight excluding hydrogens is 305 g/mol. The van der Waals surface area contributed by atoms with E-state index in [1.807, 2.05) is 0 Å². The summed E-state index contributed by atoms with van der Waals surface area (Å²) in [5, 5.41) is 10.8. The van der Waals surface area contributed by atoms with Gasteiger partial charge in [-0.1, -0.05) is 28.1 Å². The summed E-state index contributed by atoms with van der Waals surface area (Å²) in [5.41, 5.74) is -0.169. The lowest BCUT2D eigenvalue weighted by molar-refractivity contribution is -0.385. The van der Waals surface area contributed by atoms with Crippen LogP contribution in [0.5, 0.6) is 11.5 Å². The summed E-state index contributed by atoms with van der Waals surface area (Å²) in [6.45, 7) is 0. The molecule has 92 valence electrons. The van der Waals surface area contributed by atoms with Crippen molar-refractivity contribution in [1.29, 1.82) is 0 Å². The quantitative estimate of drug-likeness (QED) is 0.627. The predicted octanol–water partition coefficient (Wildman–Crippen LogP) is 4.29. The Labute approximate surface area is 110 Å². The van der Waals surface area contributed by atoms with Crippen LogP contribution in [0.1, 0.15) is 0 Å². The molecule has 2 rings (SSSR count). The first kappa shape index (κ1) is 12.5. The molecule has 0 fully saturated rings. The molecular formula is C12H7BrFNO3. The molecule has 0 N–H and O–H groups in total. The van der Waals surface area contributed by atoms with E-state index in [9.17, 15) is 14.5 Å². The van der Waals surface area contributed by atoms with Crippen molar-refractivity contribution in [2.24, 2.45) is 0 Å². The Kier molecular flexibility index (Phi) is 3.57. The van der Waals surface area contributed by atoms with Gasteiger partial charge in [0.25, 0.3) is 0 Å². The zero-order valence-corrected chi connectivity index (χ0v) is 10.6. The van der Waals surface area contributed by atoms with Gasteiger partial charge in [-0.2, -0.15) is 0 Å². The fourth-order valence-corrected chi connectivity index (χ4v) is 1.85. The molecule has 0 aliphatic heterocycles. The van der Waals surface area contributed by atoms with Crippen molar-refractivity contribution in [1.82, 2.24) is 0 Å². The van der Waals surface area contributed by atoms with E-state index in [2.05, 4.69) is 15.9 Å². The van der Waals surface area contributed by atoms with Crippen LogP contribution in [0.3, 0.4) is 0 Å². The van der Waals surface area contributed by atoms with E-state index in [-0.39, 0.29) is 17.2 Å². The molecule has 2 aromatic carbocycles. The lowest BCUT2D eigenvalue weighted by Gasteiger charge is -2.06. The van der Waals surface area contributed by atoms with Crippen LogP contribution in [0.4, 0.5) is 10.1 Å². The van der Waals surface area contributed by atoms with E-state index >= 15 is 0 Å². The second kappa shape index (κ2) is 5.14. The number of nitrogens with zero attached hydrogens (tertiary/aromatic N) is 1. The van der Waals surface area contributed by atoms with Crippen molar-refractivity contribution >= 4 is 21.6 Å². The highest BCUT2D eigenvalue weighted by atomic mass is 79.9. The SMILES string of the molecule is O=[N+]([O-])c1ccccc1Oc1cc(F)cc(Br)c1. The van der Waals surface area contributed by atoms with E-state index < -0.39 is 10.7 Å². The smallest absolute Gasteiger partial charge is 0.311 e. The maximum absolute atomic E-state index is 13.1. The van der Waals surface area contributed by atoms with E-state index in [1.165, 1.54) is 30.3 Å². The molecule has 6 heteroatoms. The number of hydrogen-bond acceptors (Lipinski definition) is 3. The third-order valence-electron chi connectivity index (χ3n) is 2.13. The molecule has 0 aromatic heterocycles. The number of benzene rings is 2. The maximum atomic E-state index is 13.1. The van der Waals surface area contributed by atoms with Crippen molar-refractivity contribution < 1.29 is 14.1 Å². The average molecular weight is 312 g/mol. The molecule has 18 heavy (non-hydrogen) atoms. The van der Waals surface area contributed by atoms with Gasteiger partial charge in [-0.25, -0.2) is 4.39 Å². The largest absolute Gasteiger partial charge is 0.450 e.